The van der Waals surface area contributed by atoms with E-state index in [1.54, 1.807) is 6.08 Å². The molecule has 0 radical (unpaired) electrons. The Morgan fingerprint density at radius 3 is 2.78 bits per heavy atom. The summed E-state index contributed by atoms with van der Waals surface area (Å²) in [6.07, 6.45) is 3.62. The van der Waals surface area contributed by atoms with Crippen molar-refractivity contribution in [2.45, 2.75) is 26.0 Å². The van der Waals surface area contributed by atoms with Gasteiger partial charge in [0.25, 0.3) is 0 Å². The first-order chi connectivity index (χ1) is 8.66. The third-order valence-corrected chi connectivity index (χ3v) is 3.11. The molecule has 18 heavy (non-hydrogen) atoms. The first-order valence-electron chi connectivity index (χ1n) is 6.32. The molecule has 2 rings (SSSR count). The fraction of sp³-hybridized carbons (Fsp3) is 0.400. The Labute approximate surface area is 108 Å². The van der Waals surface area contributed by atoms with Crippen LogP contribution in [0.15, 0.2) is 36.4 Å². The van der Waals surface area contributed by atoms with Gasteiger partial charge in [-0.05, 0) is 25.5 Å². The van der Waals surface area contributed by atoms with Crippen LogP contribution < -0.4 is 0 Å². The number of rotatable bonds is 2. The lowest BCUT2D eigenvalue weighted by molar-refractivity contribution is -0.137. The first-order valence-corrected chi connectivity index (χ1v) is 6.32. The number of ether oxygens (including phenoxy) is 1. The second-order valence-electron chi connectivity index (χ2n) is 4.73. The van der Waals surface area contributed by atoms with E-state index in [0.29, 0.717) is 13.2 Å². The average molecular weight is 245 g/mol. The molecule has 3 heteroatoms. The van der Waals surface area contributed by atoms with Gasteiger partial charge >= 0.3 is 0 Å². The fourth-order valence-corrected chi connectivity index (χ4v) is 2.04. The number of morpholine rings is 1. The highest BCUT2D eigenvalue weighted by atomic mass is 16.5. The number of hydrogen-bond donors (Lipinski definition) is 0. The Morgan fingerprint density at radius 1 is 1.33 bits per heavy atom. The van der Waals surface area contributed by atoms with Gasteiger partial charge in [-0.25, -0.2) is 0 Å². The molecule has 1 fully saturated rings. The summed E-state index contributed by atoms with van der Waals surface area (Å²) >= 11 is 0. The van der Waals surface area contributed by atoms with Crippen molar-refractivity contribution in [2.24, 2.45) is 0 Å². The standard InChI is InChI=1S/C15H19NO2/c1-12-11-18-13(2)10-16(12)15(17)9-8-14-6-4-3-5-7-14/h3-9,12-13H,10-11H2,1-2H3/b9-8-/t12-,13-/m1/s1. The van der Waals surface area contributed by atoms with E-state index in [9.17, 15) is 4.79 Å². The normalized spacial score (nSPS) is 24.4. The van der Waals surface area contributed by atoms with Crippen molar-refractivity contribution in [2.75, 3.05) is 13.2 Å². The molecule has 0 unspecified atom stereocenters. The summed E-state index contributed by atoms with van der Waals surface area (Å²) in [7, 11) is 0. The molecule has 1 saturated heterocycles. The highest BCUT2D eigenvalue weighted by Crippen LogP contribution is 2.12. The summed E-state index contributed by atoms with van der Waals surface area (Å²) in [6, 6.07) is 10.00. The number of carbonyl (C=O) groups is 1. The molecule has 0 aliphatic carbocycles. The molecule has 0 bridgehead atoms. The molecular weight excluding hydrogens is 226 g/mol. The molecule has 1 aliphatic rings. The number of amides is 1. The Balaban J connectivity index is 2.01. The van der Waals surface area contributed by atoms with Crippen molar-refractivity contribution in [1.82, 2.24) is 4.90 Å². The van der Waals surface area contributed by atoms with Gasteiger partial charge in [-0.1, -0.05) is 30.3 Å². The zero-order valence-corrected chi connectivity index (χ0v) is 10.9. The molecule has 0 N–H and O–H groups in total. The Hall–Kier alpha value is -1.61. The predicted octanol–water partition coefficient (Wildman–Crippen LogP) is 2.34. The minimum absolute atomic E-state index is 0.0569. The Kier molecular flexibility index (Phi) is 4.15. The van der Waals surface area contributed by atoms with Crippen LogP contribution in [0.2, 0.25) is 0 Å². The van der Waals surface area contributed by atoms with Gasteiger partial charge < -0.3 is 9.64 Å². The van der Waals surface area contributed by atoms with Gasteiger partial charge in [0, 0.05) is 12.6 Å². The third kappa shape index (κ3) is 3.20. The Morgan fingerprint density at radius 2 is 2.06 bits per heavy atom. The lowest BCUT2D eigenvalue weighted by Gasteiger charge is -2.36. The maximum absolute atomic E-state index is 12.1. The van der Waals surface area contributed by atoms with Gasteiger partial charge in [-0.15, -0.1) is 0 Å². The van der Waals surface area contributed by atoms with E-state index in [1.807, 2.05) is 55.2 Å². The maximum atomic E-state index is 12.1. The average Bonchev–Trinajstić information content (AvgIpc) is 2.40. The van der Waals surface area contributed by atoms with Crippen molar-refractivity contribution in [1.29, 1.82) is 0 Å². The van der Waals surface area contributed by atoms with Crippen molar-refractivity contribution in [3.8, 4) is 0 Å². The van der Waals surface area contributed by atoms with E-state index < -0.39 is 0 Å². The van der Waals surface area contributed by atoms with Gasteiger partial charge in [-0.3, -0.25) is 4.79 Å². The van der Waals surface area contributed by atoms with Crippen LogP contribution in [0.4, 0.5) is 0 Å². The monoisotopic (exact) mass is 245 g/mol. The fourth-order valence-electron chi connectivity index (χ4n) is 2.04. The summed E-state index contributed by atoms with van der Waals surface area (Å²) in [5, 5.41) is 0. The summed E-state index contributed by atoms with van der Waals surface area (Å²) in [5.74, 6) is 0.0569. The zero-order valence-electron chi connectivity index (χ0n) is 10.9. The lowest BCUT2D eigenvalue weighted by Crippen LogP contribution is -2.49. The van der Waals surface area contributed by atoms with Crippen molar-refractivity contribution < 1.29 is 9.53 Å². The second-order valence-corrected chi connectivity index (χ2v) is 4.73. The van der Waals surface area contributed by atoms with E-state index in [1.165, 1.54) is 0 Å². The third-order valence-electron chi connectivity index (χ3n) is 3.11. The summed E-state index contributed by atoms with van der Waals surface area (Å²) in [4.78, 5) is 14.0. The van der Waals surface area contributed by atoms with E-state index in [2.05, 4.69) is 0 Å². The van der Waals surface area contributed by atoms with E-state index in [4.69, 9.17) is 4.74 Å². The first kappa shape index (κ1) is 12.8. The van der Waals surface area contributed by atoms with Crippen LogP contribution in [0.5, 0.6) is 0 Å². The molecule has 0 saturated carbocycles. The van der Waals surface area contributed by atoms with E-state index >= 15 is 0 Å². The van der Waals surface area contributed by atoms with E-state index in [-0.39, 0.29) is 18.1 Å². The molecule has 96 valence electrons. The minimum atomic E-state index is 0.0569. The summed E-state index contributed by atoms with van der Waals surface area (Å²) < 4.78 is 5.52. The predicted molar refractivity (Wildman–Crippen MR) is 72.1 cm³/mol. The van der Waals surface area contributed by atoms with Crippen molar-refractivity contribution in [3.05, 3.63) is 42.0 Å². The van der Waals surface area contributed by atoms with Gasteiger partial charge in [-0.2, -0.15) is 0 Å². The highest BCUT2D eigenvalue weighted by molar-refractivity contribution is 5.92. The molecular formula is C15H19NO2. The van der Waals surface area contributed by atoms with Gasteiger partial charge in [0.15, 0.2) is 0 Å². The van der Waals surface area contributed by atoms with Crippen molar-refractivity contribution in [3.63, 3.8) is 0 Å². The molecule has 2 atom stereocenters. The van der Waals surface area contributed by atoms with Crippen LogP contribution in [0.25, 0.3) is 6.08 Å². The van der Waals surface area contributed by atoms with Crippen LogP contribution in [-0.2, 0) is 9.53 Å². The van der Waals surface area contributed by atoms with Crippen molar-refractivity contribution >= 4 is 12.0 Å². The molecule has 1 heterocycles. The van der Waals surface area contributed by atoms with Gasteiger partial charge in [0.05, 0.1) is 18.8 Å². The van der Waals surface area contributed by atoms with Crippen LogP contribution in [0.3, 0.4) is 0 Å². The topological polar surface area (TPSA) is 29.5 Å². The molecule has 0 spiro atoms. The summed E-state index contributed by atoms with van der Waals surface area (Å²) in [5.41, 5.74) is 1.04. The molecule has 0 aromatic heterocycles. The number of benzene rings is 1. The quantitative estimate of drug-likeness (QED) is 0.748. The zero-order chi connectivity index (χ0) is 13.0. The van der Waals surface area contributed by atoms with Crippen LogP contribution in [0, 0.1) is 0 Å². The number of carbonyl (C=O) groups excluding carboxylic acids is 1. The molecule has 1 aromatic rings. The number of nitrogens with zero attached hydrogens (tertiary/aromatic N) is 1. The maximum Gasteiger partial charge on any atom is 0.246 e. The SMILES string of the molecule is C[C@@H]1CN(C(=O)/C=C\c2ccccc2)[C@H](C)CO1. The lowest BCUT2D eigenvalue weighted by atomic mass is 10.2. The smallest absolute Gasteiger partial charge is 0.246 e. The van der Waals surface area contributed by atoms with Crippen LogP contribution >= 0.6 is 0 Å². The Bertz CT molecular complexity index is 427. The molecule has 3 nitrogen and oxygen atoms in total. The summed E-state index contributed by atoms with van der Waals surface area (Å²) in [6.45, 7) is 5.29. The van der Waals surface area contributed by atoms with Gasteiger partial charge in [0.2, 0.25) is 5.91 Å². The largest absolute Gasteiger partial charge is 0.375 e. The van der Waals surface area contributed by atoms with Crippen LogP contribution in [0.1, 0.15) is 19.4 Å². The highest BCUT2D eigenvalue weighted by Gasteiger charge is 2.25. The molecule has 1 aromatic carbocycles. The van der Waals surface area contributed by atoms with E-state index in [0.717, 1.165) is 5.56 Å². The number of hydrogen-bond acceptors (Lipinski definition) is 2. The van der Waals surface area contributed by atoms with Crippen LogP contribution in [-0.4, -0.2) is 36.1 Å². The second kappa shape index (κ2) is 5.83. The minimum Gasteiger partial charge on any atom is -0.375 e. The molecule has 1 amide bonds. The van der Waals surface area contributed by atoms with Gasteiger partial charge in [0.1, 0.15) is 0 Å². The molecule has 1 aliphatic heterocycles.